The number of hydrogen-bond acceptors (Lipinski definition) is 6. The average Bonchev–Trinajstić information content (AvgIpc) is 3.52. The van der Waals surface area contributed by atoms with Gasteiger partial charge in [0.05, 0.1) is 17.9 Å². The maximum absolute atomic E-state index is 9.32. The van der Waals surface area contributed by atoms with Crippen LogP contribution in [0.15, 0.2) is 47.0 Å². The van der Waals surface area contributed by atoms with Crippen LogP contribution in [0.3, 0.4) is 0 Å². The Bertz CT molecular complexity index is 1100. The van der Waals surface area contributed by atoms with Crippen LogP contribution in [0, 0.1) is 17.8 Å². The Morgan fingerprint density at radius 3 is 2.49 bits per heavy atom. The molecule has 6 nitrogen and oxygen atoms in total. The number of halogens is 2. The maximum Gasteiger partial charge on any atom is 0.175 e. The second-order valence-corrected chi connectivity index (χ2v) is 10.8. The largest absolute Gasteiger partial charge is 0.493 e. The van der Waals surface area contributed by atoms with Gasteiger partial charge in [0.2, 0.25) is 0 Å². The summed E-state index contributed by atoms with van der Waals surface area (Å²) in [4.78, 5) is 4.72. The van der Waals surface area contributed by atoms with Crippen molar-refractivity contribution < 1.29 is 14.4 Å². The third-order valence-electron chi connectivity index (χ3n) is 7.75. The molecule has 1 aliphatic carbocycles. The first kappa shape index (κ1) is 29.7. The molecule has 2 heterocycles. The summed E-state index contributed by atoms with van der Waals surface area (Å²) in [5.74, 6) is 2.49. The zero-order valence-electron chi connectivity index (χ0n) is 22.0. The highest BCUT2D eigenvalue weighted by Crippen LogP contribution is 2.39. The summed E-state index contributed by atoms with van der Waals surface area (Å²) in [5, 5.41) is 14.9. The van der Waals surface area contributed by atoms with E-state index in [1.807, 2.05) is 0 Å². The number of aromatic nitrogens is 1. The Labute approximate surface area is 233 Å². The van der Waals surface area contributed by atoms with E-state index in [9.17, 15) is 5.11 Å². The number of nitrogens with zero attached hydrogens (tertiary/aromatic N) is 3. The van der Waals surface area contributed by atoms with Gasteiger partial charge in [-0.1, -0.05) is 35.5 Å². The summed E-state index contributed by atoms with van der Waals surface area (Å²) in [6, 6.07) is 15.0. The number of benzene rings is 2. The van der Waals surface area contributed by atoms with E-state index >= 15 is 0 Å². The molecule has 204 valence electrons. The normalized spacial score (nSPS) is 20.0. The molecule has 0 amide bonds. The van der Waals surface area contributed by atoms with E-state index in [0.29, 0.717) is 18.4 Å². The fraction of sp³-hybridized carbons (Fsp3) is 0.552. The Balaban J connectivity index is 0.00000190. The number of likely N-dealkylation sites (tertiary alicyclic amines) is 1. The zero-order chi connectivity index (χ0) is 24.2. The van der Waals surface area contributed by atoms with E-state index in [4.69, 9.17) is 9.26 Å². The first-order valence-electron chi connectivity index (χ1n) is 13.2. The van der Waals surface area contributed by atoms with Crippen LogP contribution >= 0.6 is 24.8 Å². The van der Waals surface area contributed by atoms with Crippen molar-refractivity contribution in [2.75, 3.05) is 40.4 Å². The lowest BCUT2D eigenvalue weighted by Crippen LogP contribution is -2.33. The van der Waals surface area contributed by atoms with Crippen LogP contribution in [-0.2, 0) is 19.5 Å². The molecule has 1 N–H and O–H groups in total. The maximum atomic E-state index is 9.32. The lowest BCUT2D eigenvalue weighted by molar-refractivity contribution is 0.172. The summed E-state index contributed by atoms with van der Waals surface area (Å²) in [5.41, 5.74) is 4.41. The van der Waals surface area contributed by atoms with Gasteiger partial charge in [-0.25, -0.2) is 0 Å². The van der Waals surface area contributed by atoms with Crippen LogP contribution in [0.4, 0.5) is 0 Å². The summed E-state index contributed by atoms with van der Waals surface area (Å²) < 4.78 is 12.1. The topological polar surface area (TPSA) is 62.0 Å². The average molecular weight is 551 g/mol. The van der Waals surface area contributed by atoms with E-state index in [2.05, 4.69) is 71.5 Å². The lowest BCUT2D eigenvalue weighted by atomic mass is 9.91. The van der Waals surface area contributed by atoms with Gasteiger partial charge < -0.3 is 19.3 Å². The molecule has 0 radical (unpaired) electrons. The van der Waals surface area contributed by atoms with Crippen molar-refractivity contribution in [1.29, 1.82) is 0 Å². The Kier molecular flexibility index (Phi) is 11.1. The highest BCUT2D eigenvalue weighted by atomic mass is 35.5. The standard InChI is InChI=1S/C29H39N3O3.2ClH/c1-31(2)18-26-28(34-20-24-16-23(24)19-33)11-9-25-27(30-35-29(25)26)10-8-21-12-14-32(15-13-21)17-22-6-4-3-5-7-22;;/h3-7,9,11,21,23-24,33H,8,10,12-20H2,1-2H3;2*1H/t23-,24+;;/m0../s1. The van der Waals surface area contributed by atoms with Crippen molar-refractivity contribution in [3.05, 3.63) is 59.3 Å². The van der Waals surface area contributed by atoms with Crippen molar-refractivity contribution in [1.82, 2.24) is 15.0 Å². The third-order valence-corrected chi connectivity index (χ3v) is 7.75. The van der Waals surface area contributed by atoms with Crippen molar-refractivity contribution in [2.24, 2.45) is 17.8 Å². The van der Waals surface area contributed by atoms with Gasteiger partial charge in [-0.3, -0.25) is 4.90 Å². The number of aliphatic hydroxyl groups excluding tert-OH is 1. The summed E-state index contributed by atoms with van der Waals surface area (Å²) >= 11 is 0. The molecule has 1 aliphatic heterocycles. The molecule has 0 spiro atoms. The predicted octanol–water partition coefficient (Wildman–Crippen LogP) is 5.59. The number of aliphatic hydroxyl groups is 1. The van der Waals surface area contributed by atoms with Crippen LogP contribution in [0.1, 0.15) is 42.5 Å². The van der Waals surface area contributed by atoms with Gasteiger partial charge in [0.15, 0.2) is 5.58 Å². The highest BCUT2D eigenvalue weighted by molar-refractivity contribution is 5.86. The molecule has 2 aromatic carbocycles. The van der Waals surface area contributed by atoms with E-state index in [1.165, 1.54) is 31.5 Å². The highest BCUT2D eigenvalue weighted by Gasteiger charge is 2.37. The molecule has 2 fully saturated rings. The SMILES string of the molecule is CN(C)Cc1c(OC[C@H]2C[C@H]2CO)ccc2c(CCC3CCN(Cc4ccccc4)CC3)noc12.Cl.Cl. The van der Waals surface area contributed by atoms with E-state index in [-0.39, 0.29) is 31.4 Å². The fourth-order valence-electron chi connectivity index (χ4n) is 5.42. The second kappa shape index (κ2) is 13.8. The van der Waals surface area contributed by atoms with Gasteiger partial charge in [-0.2, -0.15) is 0 Å². The molecule has 0 bridgehead atoms. The van der Waals surface area contributed by atoms with Gasteiger partial charge in [-0.15, -0.1) is 24.8 Å². The quantitative estimate of drug-likeness (QED) is 0.336. The van der Waals surface area contributed by atoms with Crippen LogP contribution in [-0.4, -0.2) is 60.5 Å². The van der Waals surface area contributed by atoms with Gasteiger partial charge in [0, 0.05) is 25.1 Å². The molecule has 2 atom stereocenters. The lowest BCUT2D eigenvalue weighted by Gasteiger charge is -2.31. The van der Waals surface area contributed by atoms with Crippen molar-refractivity contribution >= 4 is 35.8 Å². The van der Waals surface area contributed by atoms with Crippen molar-refractivity contribution in [3.8, 4) is 5.75 Å². The minimum Gasteiger partial charge on any atom is -0.493 e. The summed E-state index contributed by atoms with van der Waals surface area (Å²) in [6.07, 6.45) is 5.68. The molecular weight excluding hydrogens is 509 g/mol. The number of fused-ring (bicyclic) bond motifs is 1. The number of piperidine rings is 1. The number of aryl methyl sites for hydroxylation is 1. The Hall–Kier alpha value is -1.83. The molecular formula is C29H41Cl2N3O3. The smallest absolute Gasteiger partial charge is 0.175 e. The minimum absolute atomic E-state index is 0. The molecule has 5 rings (SSSR count). The van der Waals surface area contributed by atoms with Gasteiger partial charge in [0.25, 0.3) is 0 Å². The second-order valence-electron chi connectivity index (χ2n) is 10.8. The minimum atomic E-state index is 0. The molecule has 1 saturated heterocycles. The van der Waals surface area contributed by atoms with E-state index in [1.54, 1.807) is 0 Å². The zero-order valence-corrected chi connectivity index (χ0v) is 23.6. The molecule has 8 heteroatoms. The van der Waals surface area contributed by atoms with Gasteiger partial charge >= 0.3 is 0 Å². The van der Waals surface area contributed by atoms with Crippen molar-refractivity contribution in [2.45, 2.75) is 45.2 Å². The van der Waals surface area contributed by atoms with E-state index in [0.717, 1.165) is 66.2 Å². The summed E-state index contributed by atoms with van der Waals surface area (Å²) in [6.45, 7) is 5.06. The fourth-order valence-corrected chi connectivity index (χ4v) is 5.42. The van der Waals surface area contributed by atoms with Crippen LogP contribution in [0.2, 0.25) is 0 Å². The van der Waals surface area contributed by atoms with Crippen LogP contribution < -0.4 is 4.74 Å². The van der Waals surface area contributed by atoms with Crippen LogP contribution in [0.25, 0.3) is 11.0 Å². The molecule has 0 unspecified atom stereocenters. The monoisotopic (exact) mass is 549 g/mol. The number of ether oxygens (including phenoxy) is 1. The number of rotatable bonds is 11. The first-order valence-corrected chi connectivity index (χ1v) is 13.2. The summed E-state index contributed by atoms with van der Waals surface area (Å²) in [7, 11) is 4.12. The Morgan fingerprint density at radius 1 is 1.05 bits per heavy atom. The van der Waals surface area contributed by atoms with Gasteiger partial charge in [-0.05, 0) is 94.7 Å². The molecule has 1 saturated carbocycles. The first-order chi connectivity index (χ1) is 17.1. The van der Waals surface area contributed by atoms with Crippen molar-refractivity contribution in [3.63, 3.8) is 0 Å². The van der Waals surface area contributed by atoms with Gasteiger partial charge in [0.1, 0.15) is 5.75 Å². The Morgan fingerprint density at radius 2 is 1.81 bits per heavy atom. The van der Waals surface area contributed by atoms with Crippen LogP contribution in [0.5, 0.6) is 5.75 Å². The number of hydrogen-bond donors (Lipinski definition) is 1. The molecule has 37 heavy (non-hydrogen) atoms. The molecule has 1 aromatic heterocycles. The molecule has 3 aromatic rings. The molecule has 2 aliphatic rings. The van der Waals surface area contributed by atoms with E-state index < -0.39 is 0 Å². The predicted molar refractivity (Wildman–Crippen MR) is 153 cm³/mol. The third kappa shape index (κ3) is 7.61.